The van der Waals surface area contributed by atoms with Crippen LogP contribution in [0.5, 0.6) is 0 Å². The molecule has 2 nitrogen and oxygen atoms in total. The number of nitrogens with one attached hydrogen (secondary N) is 1. The summed E-state index contributed by atoms with van der Waals surface area (Å²) in [5.41, 5.74) is 0. The fourth-order valence-electron chi connectivity index (χ4n) is 1.75. The van der Waals surface area contributed by atoms with Gasteiger partial charge in [0, 0.05) is 19.0 Å². The molecule has 0 aromatic carbocycles. The highest BCUT2D eigenvalue weighted by atomic mass is 32.2. The maximum atomic E-state index is 4.59. The van der Waals surface area contributed by atoms with Gasteiger partial charge in [0.2, 0.25) is 0 Å². The van der Waals surface area contributed by atoms with Crippen LogP contribution >= 0.6 is 11.8 Å². The van der Waals surface area contributed by atoms with Crippen molar-refractivity contribution in [2.75, 3.05) is 18.1 Å². The third-order valence-corrected chi connectivity index (χ3v) is 3.62. The number of nitrogens with zero attached hydrogens (tertiary/aromatic N) is 1. The zero-order valence-corrected chi connectivity index (χ0v) is 10.9. The number of rotatable bonds is 5. The molecule has 0 saturated carbocycles. The molecule has 0 aliphatic carbocycles. The van der Waals surface area contributed by atoms with Gasteiger partial charge in [-0.1, -0.05) is 13.3 Å². The minimum atomic E-state index is 0.584. The van der Waals surface area contributed by atoms with Gasteiger partial charge < -0.3 is 5.32 Å². The van der Waals surface area contributed by atoms with Crippen LogP contribution < -0.4 is 5.32 Å². The molecule has 88 valence electrons. The van der Waals surface area contributed by atoms with Crippen molar-refractivity contribution in [3.63, 3.8) is 0 Å². The average Bonchev–Trinajstić information content (AvgIpc) is 2.47. The summed E-state index contributed by atoms with van der Waals surface area (Å²) in [5.74, 6) is 3.74. The third-order valence-electron chi connectivity index (χ3n) is 2.69. The molecule has 0 fully saturated rings. The summed E-state index contributed by atoms with van der Waals surface area (Å²) in [4.78, 5) is 4.59. The van der Waals surface area contributed by atoms with Crippen LogP contribution in [0.3, 0.4) is 0 Å². The molecule has 0 saturated heterocycles. The average molecular weight is 228 g/mol. The zero-order valence-electron chi connectivity index (χ0n) is 10.1. The largest absolute Gasteiger partial charge is 0.371 e. The summed E-state index contributed by atoms with van der Waals surface area (Å²) < 4.78 is 0. The standard InChI is InChI=1S/C12H24N2S/c1-3-15-10-8-11(2)14-12-7-5-4-6-9-13-12/h11H,3-10H2,1-2H3,(H,13,14). The van der Waals surface area contributed by atoms with Gasteiger partial charge in [-0.15, -0.1) is 0 Å². The van der Waals surface area contributed by atoms with Gasteiger partial charge in [0.05, 0.1) is 5.84 Å². The summed E-state index contributed by atoms with van der Waals surface area (Å²) in [6.07, 6.45) is 6.32. The maximum Gasteiger partial charge on any atom is 0.0965 e. The highest BCUT2D eigenvalue weighted by Gasteiger charge is 2.07. The van der Waals surface area contributed by atoms with Gasteiger partial charge in [-0.2, -0.15) is 11.8 Å². The Balaban J connectivity index is 2.17. The van der Waals surface area contributed by atoms with Crippen LogP contribution in [-0.2, 0) is 0 Å². The Hall–Kier alpha value is -0.180. The lowest BCUT2D eigenvalue weighted by atomic mass is 10.2. The summed E-state index contributed by atoms with van der Waals surface area (Å²) in [6, 6.07) is 0.584. The lowest BCUT2D eigenvalue weighted by molar-refractivity contribution is 0.636. The van der Waals surface area contributed by atoms with Crippen LogP contribution in [0.2, 0.25) is 0 Å². The molecule has 15 heavy (non-hydrogen) atoms. The molecular weight excluding hydrogens is 204 g/mol. The topological polar surface area (TPSA) is 24.4 Å². The van der Waals surface area contributed by atoms with Crippen LogP contribution in [0, 0.1) is 0 Å². The second-order valence-corrected chi connectivity index (χ2v) is 5.56. The Morgan fingerprint density at radius 2 is 2.27 bits per heavy atom. The first-order valence-corrected chi connectivity index (χ1v) is 7.36. The van der Waals surface area contributed by atoms with Crippen molar-refractivity contribution >= 4 is 17.6 Å². The summed E-state index contributed by atoms with van der Waals surface area (Å²) in [6.45, 7) is 5.51. The number of hydrogen-bond acceptors (Lipinski definition) is 3. The van der Waals surface area contributed by atoms with Crippen molar-refractivity contribution < 1.29 is 0 Å². The molecule has 3 heteroatoms. The fraction of sp³-hybridized carbons (Fsp3) is 0.917. The minimum absolute atomic E-state index is 0.584. The van der Waals surface area contributed by atoms with Gasteiger partial charge in [-0.25, -0.2) is 0 Å². The van der Waals surface area contributed by atoms with Gasteiger partial charge in [-0.3, -0.25) is 4.99 Å². The van der Waals surface area contributed by atoms with Crippen LogP contribution in [0.15, 0.2) is 4.99 Å². The quantitative estimate of drug-likeness (QED) is 0.731. The normalized spacial score (nSPS) is 19.2. The SMILES string of the molecule is CCSCCC(C)NC1=NCCCCC1. The van der Waals surface area contributed by atoms with Crippen LogP contribution in [0.1, 0.15) is 46.0 Å². The fourth-order valence-corrected chi connectivity index (χ4v) is 2.56. The Morgan fingerprint density at radius 3 is 3.07 bits per heavy atom. The molecule has 0 aromatic heterocycles. The predicted octanol–water partition coefficient (Wildman–Crippen LogP) is 3.08. The first-order valence-electron chi connectivity index (χ1n) is 6.20. The molecule has 0 spiro atoms. The van der Waals surface area contributed by atoms with E-state index in [0.29, 0.717) is 6.04 Å². The van der Waals surface area contributed by atoms with Gasteiger partial charge in [0.25, 0.3) is 0 Å². The Bertz CT molecular complexity index is 192. The molecule has 1 unspecified atom stereocenters. The van der Waals surface area contributed by atoms with Crippen molar-refractivity contribution in [3.05, 3.63) is 0 Å². The van der Waals surface area contributed by atoms with E-state index < -0.39 is 0 Å². The lowest BCUT2D eigenvalue weighted by Crippen LogP contribution is -2.32. The molecule has 0 aromatic rings. The summed E-state index contributed by atoms with van der Waals surface area (Å²) in [5, 5.41) is 3.55. The summed E-state index contributed by atoms with van der Waals surface area (Å²) >= 11 is 2.02. The van der Waals surface area contributed by atoms with Crippen LogP contribution in [-0.4, -0.2) is 29.9 Å². The monoisotopic (exact) mass is 228 g/mol. The highest BCUT2D eigenvalue weighted by molar-refractivity contribution is 7.99. The number of hydrogen-bond donors (Lipinski definition) is 1. The molecule has 1 N–H and O–H groups in total. The second-order valence-electron chi connectivity index (χ2n) is 4.17. The van der Waals surface area contributed by atoms with Gasteiger partial charge in [0.15, 0.2) is 0 Å². The van der Waals surface area contributed by atoms with E-state index in [4.69, 9.17) is 0 Å². The highest BCUT2D eigenvalue weighted by Crippen LogP contribution is 2.08. The lowest BCUT2D eigenvalue weighted by Gasteiger charge is -2.16. The molecule has 1 heterocycles. The number of thioether (sulfide) groups is 1. The maximum absolute atomic E-state index is 4.59. The van der Waals surface area contributed by atoms with E-state index in [2.05, 4.69) is 24.2 Å². The third kappa shape index (κ3) is 6.08. The first kappa shape index (κ1) is 12.9. The van der Waals surface area contributed by atoms with Crippen molar-refractivity contribution in [1.82, 2.24) is 5.32 Å². The summed E-state index contributed by atoms with van der Waals surface area (Å²) in [7, 11) is 0. The van der Waals surface area contributed by atoms with Crippen LogP contribution in [0.25, 0.3) is 0 Å². The molecule has 1 aliphatic rings. The minimum Gasteiger partial charge on any atom is -0.371 e. The molecule has 1 rings (SSSR count). The van der Waals surface area contributed by atoms with Gasteiger partial charge >= 0.3 is 0 Å². The number of aliphatic imine (C=N–C) groups is 1. The molecule has 0 radical (unpaired) electrons. The van der Waals surface area contributed by atoms with E-state index in [1.54, 1.807) is 0 Å². The molecule has 1 aliphatic heterocycles. The van der Waals surface area contributed by atoms with Crippen molar-refractivity contribution in [2.24, 2.45) is 4.99 Å². The van der Waals surface area contributed by atoms with Crippen molar-refractivity contribution in [3.8, 4) is 0 Å². The van der Waals surface area contributed by atoms with E-state index in [9.17, 15) is 0 Å². The van der Waals surface area contributed by atoms with Gasteiger partial charge in [0.1, 0.15) is 0 Å². The Labute approximate surface area is 98.3 Å². The van der Waals surface area contributed by atoms with E-state index in [1.165, 1.54) is 43.0 Å². The second kappa shape index (κ2) is 8.03. The van der Waals surface area contributed by atoms with E-state index in [-0.39, 0.29) is 0 Å². The molecule has 0 bridgehead atoms. The van der Waals surface area contributed by atoms with E-state index in [1.807, 2.05) is 11.8 Å². The molecular formula is C12H24N2S. The molecule has 1 atom stereocenters. The van der Waals surface area contributed by atoms with Crippen molar-refractivity contribution in [2.45, 2.75) is 52.0 Å². The first-order chi connectivity index (χ1) is 7.33. The smallest absolute Gasteiger partial charge is 0.0965 e. The molecule has 0 amide bonds. The van der Waals surface area contributed by atoms with E-state index >= 15 is 0 Å². The van der Waals surface area contributed by atoms with Crippen LogP contribution in [0.4, 0.5) is 0 Å². The van der Waals surface area contributed by atoms with Crippen molar-refractivity contribution in [1.29, 1.82) is 0 Å². The van der Waals surface area contributed by atoms with Gasteiger partial charge in [-0.05, 0) is 37.7 Å². The predicted molar refractivity (Wildman–Crippen MR) is 71.0 cm³/mol. The number of amidine groups is 1. The zero-order chi connectivity index (χ0) is 10.9. The Morgan fingerprint density at radius 1 is 1.40 bits per heavy atom. The van der Waals surface area contributed by atoms with E-state index in [0.717, 1.165) is 13.0 Å². The Kier molecular flexibility index (Phi) is 6.90.